The molecular formula is C10H23N. The smallest absolute Gasteiger partial charge is 0.00873 e. The van der Waals surface area contributed by atoms with Gasteiger partial charge in [-0.2, -0.15) is 0 Å². The van der Waals surface area contributed by atoms with Gasteiger partial charge in [0.1, 0.15) is 0 Å². The second-order valence-electron chi connectivity index (χ2n) is 4.89. The first-order valence-electron chi connectivity index (χ1n) is 4.57. The molecule has 1 unspecified atom stereocenters. The summed E-state index contributed by atoms with van der Waals surface area (Å²) in [5, 5.41) is 3.52. The summed E-state index contributed by atoms with van der Waals surface area (Å²) in [5.74, 6) is 0.750. The molecule has 0 saturated heterocycles. The average Bonchev–Trinajstić information content (AvgIpc) is 1.80. The highest BCUT2D eigenvalue weighted by molar-refractivity contribution is 4.75. The topological polar surface area (TPSA) is 12.0 Å². The minimum atomic E-state index is 0.384. The van der Waals surface area contributed by atoms with E-state index in [1.807, 2.05) is 0 Å². The fourth-order valence-electron chi connectivity index (χ4n) is 0.719. The molecule has 1 nitrogen and oxygen atoms in total. The summed E-state index contributed by atoms with van der Waals surface area (Å²) in [4.78, 5) is 0. The van der Waals surface area contributed by atoms with E-state index in [-0.39, 0.29) is 0 Å². The van der Waals surface area contributed by atoms with Gasteiger partial charge in [-0.15, -0.1) is 0 Å². The molecule has 0 heterocycles. The van der Waals surface area contributed by atoms with Crippen molar-refractivity contribution in [3.8, 4) is 0 Å². The molecule has 0 aliphatic heterocycles. The number of hydrogen-bond donors (Lipinski definition) is 1. The van der Waals surface area contributed by atoms with Crippen LogP contribution in [0, 0.1) is 11.3 Å². The highest BCUT2D eigenvalue weighted by Crippen LogP contribution is 2.18. The van der Waals surface area contributed by atoms with Crippen LogP contribution in [-0.2, 0) is 0 Å². The van der Waals surface area contributed by atoms with Crippen molar-refractivity contribution in [2.45, 2.75) is 47.6 Å². The second kappa shape index (κ2) is 4.10. The van der Waals surface area contributed by atoms with E-state index in [4.69, 9.17) is 0 Å². The first-order chi connectivity index (χ1) is 4.84. The minimum absolute atomic E-state index is 0.384. The van der Waals surface area contributed by atoms with Gasteiger partial charge in [-0.25, -0.2) is 0 Å². The van der Waals surface area contributed by atoms with Crippen LogP contribution in [0.1, 0.15) is 41.5 Å². The lowest BCUT2D eigenvalue weighted by atomic mass is 9.88. The molecule has 11 heavy (non-hydrogen) atoms. The lowest BCUT2D eigenvalue weighted by molar-refractivity contribution is 0.278. The van der Waals surface area contributed by atoms with Crippen molar-refractivity contribution < 1.29 is 0 Å². The molecule has 0 bridgehead atoms. The summed E-state index contributed by atoms with van der Waals surface area (Å²) in [6, 6.07) is 0.602. The van der Waals surface area contributed by atoms with Crippen LogP contribution in [0.15, 0.2) is 0 Å². The van der Waals surface area contributed by atoms with Crippen molar-refractivity contribution in [3.63, 3.8) is 0 Å². The maximum Gasteiger partial charge on any atom is 0.00873 e. The van der Waals surface area contributed by atoms with Gasteiger partial charge >= 0.3 is 0 Å². The fourth-order valence-corrected chi connectivity index (χ4v) is 0.719. The van der Waals surface area contributed by atoms with Gasteiger partial charge < -0.3 is 5.32 Å². The van der Waals surface area contributed by atoms with Crippen LogP contribution in [0.3, 0.4) is 0 Å². The first kappa shape index (κ1) is 11.0. The van der Waals surface area contributed by atoms with E-state index in [1.165, 1.54) is 0 Å². The first-order valence-corrected chi connectivity index (χ1v) is 4.57. The molecule has 0 aliphatic rings. The van der Waals surface area contributed by atoms with Crippen LogP contribution < -0.4 is 5.32 Å². The Morgan fingerprint density at radius 2 is 1.55 bits per heavy atom. The van der Waals surface area contributed by atoms with Crippen LogP contribution in [0.5, 0.6) is 0 Å². The Hall–Kier alpha value is -0.0400. The molecule has 68 valence electrons. The van der Waals surface area contributed by atoms with E-state index in [0.29, 0.717) is 11.5 Å². The van der Waals surface area contributed by atoms with E-state index in [1.54, 1.807) is 0 Å². The van der Waals surface area contributed by atoms with E-state index >= 15 is 0 Å². The van der Waals surface area contributed by atoms with Gasteiger partial charge in [0.15, 0.2) is 0 Å². The summed E-state index contributed by atoms with van der Waals surface area (Å²) < 4.78 is 0. The maximum atomic E-state index is 3.52. The van der Waals surface area contributed by atoms with Crippen molar-refractivity contribution in [1.29, 1.82) is 0 Å². The Balaban J connectivity index is 3.61. The molecule has 0 amide bonds. The van der Waals surface area contributed by atoms with Crippen molar-refractivity contribution in [3.05, 3.63) is 0 Å². The molecule has 1 atom stereocenters. The highest BCUT2D eigenvalue weighted by atomic mass is 14.9. The van der Waals surface area contributed by atoms with E-state index in [0.717, 1.165) is 12.5 Å². The van der Waals surface area contributed by atoms with E-state index in [2.05, 4.69) is 46.9 Å². The average molecular weight is 157 g/mol. The predicted molar refractivity (Wildman–Crippen MR) is 51.8 cm³/mol. The molecule has 0 radical (unpaired) electrons. The molecule has 0 spiro atoms. The molecule has 1 heteroatoms. The maximum absolute atomic E-state index is 3.52. The number of hydrogen-bond acceptors (Lipinski definition) is 1. The number of nitrogens with one attached hydrogen (secondary N) is 1. The monoisotopic (exact) mass is 157 g/mol. The van der Waals surface area contributed by atoms with Crippen LogP contribution in [0.2, 0.25) is 0 Å². The van der Waals surface area contributed by atoms with Crippen LogP contribution in [0.25, 0.3) is 0 Å². The number of rotatable bonds is 3. The molecule has 0 rings (SSSR count). The third kappa shape index (κ3) is 5.25. The lowest BCUT2D eigenvalue weighted by Gasteiger charge is -2.28. The minimum Gasteiger partial charge on any atom is -0.313 e. The molecule has 0 aromatic heterocycles. The largest absolute Gasteiger partial charge is 0.313 e. The third-order valence-electron chi connectivity index (χ3n) is 2.13. The molecular weight excluding hydrogens is 134 g/mol. The molecule has 0 aromatic rings. The van der Waals surface area contributed by atoms with Crippen molar-refractivity contribution >= 4 is 0 Å². The molecule has 0 fully saturated rings. The second-order valence-corrected chi connectivity index (χ2v) is 4.89. The Morgan fingerprint density at radius 1 is 1.09 bits per heavy atom. The summed E-state index contributed by atoms with van der Waals surface area (Å²) in [6.45, 7) is 14.7. The predicted octanol–water partition coefficient (Wildman–Crippen LogP) is 2.67. The van der Waals surface area contributed by atoms with Gasteiger partial charge in [-0.05, 0) is 24.8 Å². The van der Waals surface area contributed by atoms with Gasteiger partial charge in [0.05, 0.1) is 0 Å². The normalized spacial score (nSPS) is 15.5. The summed E-state index contributed by atoms with van der Waals surface area (Å²) in [5.41, 5.74) is 0.384. The van der Waals surface area contributed by atoms with Gasteiger partial charge in [-0.3, -0.25) is 0 Å². The summed E-state index contributed by atoms with van der Waals surface area (Å²) in [7, 11) is 0. The van der Waals surface area contributed by atoms with Crippen LogP contribution in [0.4, 0.5) is 0 Å². The SMILES string of the molecule is CC(C)CNC(C)C(C)(C)C. The Kier molecular flexibility index (Phi) is 4.09. The standard InChI is InChI=1S/C10H23N/c1-8(2)7-11-9(3)10(4,5)6/h8-9,11H,7H2,1-6H3. The molecule has 0 aliphatic carbocycles. The Labute approximate surface area is 71.6 Å². The van der Waals surface area contributed by atoms with Crippen molar-refractivity contribution in [2.24, 2.45) is 11.3 Å². The zero-order valence-electron chi connectivity index (χ0n) is 8.86. The molecule has 0 aromatic carbocycles. The summed E-state index contributed by atoms with van der Waals surface area (Å²) >= 11 is 0. The Bertz CT molecular complexity index is 99.9. The molecule has 0 saturated carbocycles. The van der Waals surface area contributed by atoms with E-state index in [9.17, 15) is 0 Å². The van der Waals surface area contributed by atoms with Crippen molar-refractivity contribution in [1.82, 2.24) is 5.32 Å². The van der Waals surface area contributed by atoms with Crippen LogP contribution in [-0.4, -0.2) is 12.6 Å². The van der Waals surface area contributed by atoms with Crippen LogP contribution >= 0.6 is 0 Å². The van der Waals surface area contributed by atoms with Gasteiger partial charge in [0.25, 0.3) is 0 Å². The summed E-state index contributed by atoms with van der Waals surface area (Å²) in [6.07, 6.45) is 0. The molecule has 1 N–H and O–H groups in total. The van der Waals surface area contributed by atoms with Gasteiger partial charge in [-0.1, -0.05) is 34.6 Å². The zero-order chi connectivity index (χ0) is 9.07. The Morgan fingerprint density at radius 3 is 1.82 bits per heavy atom. The highest BCUT2D eigenvalue weighted by Gasteiger charge is 2.18. The van der Waals surface area contributed by atoms with E-state index < -0.39 is 0 Å². The fraction of sp³-hybridized carbons (Fsp3) is 1.00. The van der Waals surface area contributed by atoms with Gasteiger partial charge in [0.2, 0.25) is 0 Å². The quantitative estimate of drug-likeness (QED) is 0.664. The third-order valence-corrected chi connectivity index (χ3v) is 2.13. The lowest BCUT2D eigenvalue weighted by Crippen LogP contribution is -2.39. The van der Waals surface area contributed by atoms with Crippen molar-refractivity contribution in [2.75, 3.05) is 6.54 Å². The zero-order valence-corrected chi connectivity index (χ0v) is 8.86. The van der Waals surface area contributed by atoms with Gasteiger partial charge in [0, 0.05) is 6.04 Å².